The van der Waals surface area contributed by atoms with Crippen molar-refractivity contribution in [1.82, 2.24) is 19.6 Å². The Morgan fingerprint density at radius 1 is 1.00 bits per heavy atom. The molecule has 0 saturated heterocycles. The zero-order chi connectivity index (χ0) is 19.7. The molecule has 0 aliphatic rings. The van der Waals surface area contributed by atoms with Gasteiger partial charge in [0.25, 0.3) is 0 Å². The highest BCUT2D eigenvalue weighted by molar-refractivity contribution is 5.78. The van der Waals surface area contributed by atoms with Crippen molar-refractivity contribution >= 4 is 5.65 Å². The van der Waals surface area contributed by atoms with Crippen LogP contribution in [0.1, 0.15) is 17.0 Å². The third-order valence-electron chi connectivity index (χ3n) is 4.83. The van der Waals surface area contributed by atoms with E-state index in [1.54, 1.807) is 12.5 Å². The summed E-state index contributed by atoms with van der Waals surface area (Å²) in [7, 11) is 1.34. The van der Waals surface area contributed by atoms with Crippen LogP contribution in [0.4, 0.5) is 8.78 Å². The van der Waals surface area contributed by atoms with Crippen molar-refractivity contribution in [2.45, 2.75) is 19.8 Å². The van der Waals surface area contributed by atoms with E-state index in [0.717, 1.165) is 34.6 Å². The molecule has 3 heterocycles. The predicted molar refractivity (Wildman–Crippen MR) is 101 cm³/mol. The second kappa shape index (κ2) is 7.34. The summed E-state index contributed by atoms with van der Waals surface area (Å²) in [4.78, 5) is 4.33. The minimum Gasteiger partial charge on any atom is -0.493 e. The van der Waals surface area contributed by atoms with Crippen LogP contribution in [0.15, 0.2) is 48.9 Å². The van der Waals surface area contributed by atoms with E-state index in [0.29, 0.717) is 12.1 Å². The maximum atomic E-state index is 14.2. The molecule has 5 nitrogen and oxygen atoms in total. The number of hydrogen-bond acceptors (Lipinski definition) is 4. The third kappa shape index (κ3) is 3.09. The summed E-state index contributed by atoms with van der Waals surface area (Å²) in [6.45, 7) is 1.94. The van der Waals surface area contributed by atoms with Crippen LogP contribution in [0, 0.1) is 18.6 Å². The molecule has 0 amide bonds. The van der Waals surface area contributed by atoms with Gasteiger partial charge in [-0.1, -0.05) is 6.07 Å². The molecule has 28 heavy (non-hydrogen) atoms. The summed E-state index contributed by atoms with van der Waals surface area (Å²) in [5.74, 6) is -1.11. The van der Waals surface area contributed by atoms with E-state index in [1.165, 1.54) is 7.11 Å². The zero-order valence-corrected chi connectivity index (χ0v) is 15.5. The first-order valence-electron chi connectivity index (χ1n) is 8.84. The highest BCUT2D eigenvalue weighted by Crippen LogP contribution is 2.29. The molecular weight excluding hydrogens is 362 g/mol. The summed E-state index contributed by atoms with van der Waals surface area (Å²) >= 11 is 0. The van der Waals surface area contributed by atoms with Gasteiger partial charge in [-0.2, -0.15) is 0 Å². The number of rotatable bonds is 5. The first kappa shape index (κ1) is 18.0. The van der Waals surface area contributed by atoms with Crippen molar-refractivity contribution in [2.75, 3.05) is 7.11 Å². The minimum absolute atomic E-state index is 0.0531. The molecule has 0 bridgehead atoms. The van der Waals surface area contributed by atoms with Crippen LogP contribution in [0.3, 0.4) is 0 Å². The maximum absolute atomic E-state index is 14.2. The molecule has 142 valence electrons. The van der Waals surface area contributed by atoms with Gasteiger partial charge in [-0.05, 0) is 50.1 Å². The van der Waals surface area contributed by atoms with Gasteiger partial charge in [-0.25, -0.2) is 8.78 Å². The number of fused-ring (bicyclic) bond motifs is 1. The fourth-order valence-electron chi connectivity index (χ4n) is 3.43. The van der Waals surface area contributed by atoms with Gasteiger partial charge in [0.05, 0.1) is 7.11 Å². The predicted octanol–water partition coefficient (Wildman–Crippen LogP) is 4.17. The lowest BCUT2D eigenvalue weighted by Gasteiger charge is -2.13. The quantitative estimate of drug-likeness (QED) is 0.521. The van der Waals surface area contributed by atoms with Crippen molar-refractivity contribution in [3.63, 3.8) is 0 Å². The topological polar surface area (TPSA) is 52.3 Å². The minimum atomic E-state index is -0.573. The lowest BCUT2D eigenvalue weighted by molar-refractivity contribution is 0.376. The van der Waals surface area contributed by atoms with Gasteiger partial charge < -0.3 is 4.74 Å². The molecular formula is C21H18F2N4O. The highest BCUT2D eigenvalue weighted by atomic mass is 19.1. The van der Waals surface area contributed by atoms with Gasteiger partial charge in [0.1, 0.15) is 12.1 Å². The average molecular weight is 380 g/mol. The monoisotopic (exact) mass is 380 g/mol. The Morgan fingerprint density at radius 3 is 2.61 bits per heavy atom. The molecule has 0 fully saturated rings. The second-order valence-corrected chi connectivity index (χ2v) is 6.44. The van der Waals surface area contributed by atoms with Crippen molar-refractivity contribution in [3.8, 4) is 16.9 Å². The van der Waals surface area contributed by atoms with Crippen molar-refractivity contribution < 1.29 is 13.5 Å². The molecule has 0 aliphatic heterocycles. The van der Waals surface area contributed by atoms with Crippen LogP contribution in [0.5, 0.6) is 5.75 Å². The zero-order valence-electron chi connectivity index (χ0n) is 15.5. The Hall–Kier alpha value is -3.35. The van der Waals surface area contributed by atoms with Gasteiger partial charge >= 0.3 is 0 Å². The summed E-state index contributed by atoms with van der Waals surface area (Å²) < 4.78 is 35.1. The Morgan fingerprint density at radius 2 is 1.82 bits per heavy atom. The molecule has 0 N–H and O–H groups in total. The first-order chi connectivity index (χ1) is 13.6. The molecule has 3 aromatic heterocycles. The molecule has 0 atom stereocenters. The smallest absolute Gasteiger partial charge is 0.168 e. The Balaban J connectivity index is 1.71. The number of aromatic nitrogens is 4. The standard InChI is InChI=1S/C21H18F2N4O/c1-13-15(4-3-11-24-13)16-7-5-14(27-12-25-26-21(16)27)6-8-17-18(22)9-10-19(23)20(17)28-2/h3-5,7,9-12H,6,8H2,1-2H3. The molecule has 0 saturated carbocycles. The fourth-order valence-corrected chi connectivity index (χ4v) is 3.43. The lowest BCUT2D eigenvalue weighted by Crippen LogP contribution is -2.04. The maximum Gasteiger partial charge on any atom is 0.168 e. The van der Waals surface area contributed by atoms with Crippen LogP contribution >= 0.6 is 0 Å². The number of aryl methyl sites for hydroxylation is 2. The molecule has 0 unspecified atom stereocenters. The first-order valence-corrected chi connectivity index (χ1v) is 8.84. The SMILES string of the molecule is COc1c(F)ccc(F)c1CCc1ccc(-c2cccnc2C)c2nncn12. The molecule has 0 spiro atoms. The molecule has 7 heteroatoms. The number of ether oxygens (including phenoxy) is 1. The summed E-state index contributed by atoms with van der Waals surface area (Å²) in [5, 5.41) is 8.28. The normalized spacial score (nSPS) is 11.1. The van der Waals surface area contributed by atoms with Gasteiger partial charge in [-0.3, -0.25) is 9.38 Å². The number of nitrogens with zero attached hydrogens (tertiary/aromatic N) is 4. The van der Waals surface area contributed by atoms with Crippen LogP contribution < -0.4 is 4.74 Å². The Kier molecular flexibility index (Phi) is 4.73. The molecule has 4 rings (SSSR count). The summed E-state index contributed by atoms with van der Waals surface area (Å²) in [6, 6.07) is 9.96. The van der Waals surface area contributed by atoms with Gasteiger partial charge in [-0.15, -0.1) is 10.2 Å². The van der Waals surface area contributed by atoms with Crippen molar-refractivity contribution in [3.05, 3.63) is 77.5 Å². The lowest BCUT2D eigenvalue weighted by atomic mass is 10.0. The van der Waals surface area contributed by atoms with Crippen LogP contribution in [-0.2, 0) is 12.8 Å². The van der Waals surface area contributed by atoms with Gasteiger partial charge in [0.15, 0.2) is 17.2 Å². The summed E-state index contributed by atoms with van der Waals surface area (Å²) in [5.41, 5.74) is 4.59. The number of pyridine rings is 2. The van der Waals surface area contributed by atoms with E-state index >= 15 is 0 Å². The van der Waals surface area contributed by atoms with E-state index in [-0.39, 0.29) is 17.7 Å². The van der Waals surface area contributed by atoms with E-state index in [1.807, 2.05) is 35.6 Å². The van der Waals surface area contributed by atoms with Crippen molar-refractivity contribution in [1.29, 1.82) is 0 Å². The number of hydrogen-bond donors (Lipinski definition) is 0. The van der Waals surface area contributed by atoms with Crippen LogP contribution in [0.25, 0.3) is 16.8 Å². The molecule has 4 aromatic rings. The summed E-state index contributed by atoms with van der Waals surface area (Å²) in [6.07, 6.45) is 4.12. The molecule has 1 aromatic carbocycles. The van der Waals surface area contributed by atoms with Crippen LogP contribution in [-0.4, -0.2) is 26.7 Å². The number of methoxy groups -OCH3 is 1. The van der Waals surface area contributed by atoms with Gasteiger partial charge in [0.2, 0.25) is 0 Å². The third-order valence-corrected chi connectivity index (χ3v) is 4.83. The van der Waals surface area contributed by atoms with E-state index in [9.17, 15) is 8.78 Å². The van der Waals surface area contributed by atoms with E-state index in [4.69, 9.17) is 4.74 Å². The fraction of sp³-hybridized carbons (Fsp3) is 0.190. The Bertz CT molecular complexity index is 1160. The van der Waals surface area contributed by atoms with Gasteiger partial charge in [0, 0.05) is 34.3 Å². The average Bonchev–Trinajstić information content (AvgIpc) is 3.19. The van der Waals surface area contributed by atoms with Crippen LogP contribution in [0.2, 0.25) is 0 Å². The number of halogens is 2. The van der Waals surface area contributed by atoms with E-state index < -0.39 is 11.6 Å². The van der Waals surface area contributed by atoms with E-state index in [2.05, 4.69) is 15.2 Å². The molecule has 0 radical (unpaired) electrons. The number of benzene rings is 1. The highest BCUT2D eigenvalue weighted by Gasteiger charge is 2.16. The second-order valence-electron chi connectivity index (χ2n) is 6.44. The van der Waals surface area contributed by atoms with Crippen molar-refractivity contribution in [2.24, 2.45) is 0 Å². The Labute approximate surface area is 160 Å². The molecule has 0 aliphatic carbocycles. The largest absolute Gasteiger partial charge is 0.493 e.